The summed E-state index contributed by atoms with van der Waals surface area (Å²) in [4.78, 5) is 0. The van der Waals surface area contributed by atoms with Gasteiger partial charge in [0, 0.05) is 45.6 Å². The van der Waals surface area contributed by atoms with Crippen molar-refractivity contribution in [2.24, 2.45) is 0 Å². The molecule has 1 aliphatic rings. The lowest BCUT2D eigenvalue weighted by Crippen LogP contribution is -2.02. The van der Waals surface area contributed by atoms with Crippen LogP contribution < -0.4 is 14.8 Å². The number of ether oxygens (including phenoxy) is 2. The van der Waals surface area contributed by atoms with Crippen molar-refractivity contribution in [2.45, 2.75) is 12.3 Å². The molecule has 0 aliphatic carbocycles. The Labute approximate surface area is 136 Å². The van der Waals surface area contributed by atoms with Crippen LogP contribution in [0, 0.1) is 0 Å². The minimum absolute atomic E-state index is 0.264. The van der Waals surface area contributed by atoms with Crippen LogP contribution in [0.3, 0.4) is 0 Å². The normalized spacial score (nSPS) is 13.9. The van der Waals surface area contributed by atoms with Gasteiger partial charge in [-0.15, -0.1) is 0 Å². The SMILES string of the molecule is C[S@@](=O)Cc1cc(NCc2cccc3c2OCO3)ccc1Cl. The average Bonchev–Trinajstić information content (AvgIpc) is 2.96. The molecule has 0 amide bonds. The zero-order chi connectivity index (χ0) is 15.5. The number of benzene rings is 2. The van der Waals surface area contributed by atoms with Crippen molar-refractivity contribution in [3.63, 3.8) is 0 Å². The standard InChI is InChI=1S/C16H16ClNO3S/c1-22(19)9-12-7-13(5-6-14(12)17)18-8-11-3-2-4-15-16(11)21-10-20-15/h2-7,18H,8-10H2,1H3/t22-/m1/s1. The van der Waals surface area contributed by atoms with E-state index in [1.807, 2.05) is 36.4 Å². The minimum atomic E-state index is -0.924. The maximum Gasteiger partial charge on any atom is 0.231 e. The van der Waals surface area contributed by atoms with Crippen molar-refractivity contribution < 1.29 is 13.7 Å². The molecule has 2 aromatic rings. The van der Waals surface area contributed by atoms with E-state index < -0.39 is 10.8 Å². The molecule has 1 atom stereocenters. The molecule has 0 saturated heterocycles. The Morgan fingerprint density at radius 2 is 2.09 bits per heavy atom. The van der Waals surface area contributed by atoms with Crippen LogP contribution in [0.25, 0.3) is 0 Å². The van der Waals surface area contributed by atoms with Gasteiger partial charge in [-0.1, -0.05) is 23.7 Å². The maximum absolute atomic E-state index is 11.4. The van der Waals surface area contributed by atoms with Crippen LogP contribution in [-0.2, 0) is 23.1 Å². The van der Waals surface area contributed by atoms with Gasteiger partial charge in [-0.3, -0.25) is 4.21 Å². The molecule has 0 unspecified atom stereocenters. The van der Waals surface area contributed by atoms with Crippen LogP contribution in [0.4, 0.5) is 5.69 Å². The molecule has 0 aromatic heterocycles. The van der Waals surface area contributed by atoms with Gasteiger partial charge in [0.2, 0.25) is 6.79 Å². The van der Waals surface area contributed by atoms with E-state index in [9.17, 15) is 4.21 Å². The average molecular weight is 338 g/mol. The third kappa shape index (κ3) is 3.36. The fraction of sp³-hybridized carbons (Fsp3) is 0.250. The molecule has 0 radical (unpaired) electrons. The number of halogens is 1. The molecule has 0 bridgehead atoms. The molecular formula is C16H16ClNO3S. The number of hydrogen-bond acceptors (Lipinski definition) is 4. The fourth-order valence-electron chi connectivity index (χ4n) is 2.34. The molecule has 2 aromatic carbocycles. The molecule has 4 nitrogen and oxygen atoms in total. The second-order valence-corrected chi connectivity index (χ2v) is 6.87. The van der Waals surface area contributed by atoms with Gasteiger partial charge in [0.05, 0.1) is 0 Å². The molecule has 1 N–H and O–H groups in total. The van der Waals surface area contributed by atoms with Crippen LogP contribution >= 0.6 is 11.6 Å². The largest absolute Gasteiger partial charge is 0.454 e. The Balaban J connectivity index is 1.74. The van der Waals surface area contributed by atoms with Gasteiger partial charge in [0.25, 0.3) is 0 Å². The predicted octanol–water partition coefficient (Wildman–Crippen LogP) is 3.56. The molecule has 3 rings (SSSR count). The lowest BCUT2D eigenvalue weighted by Gasteiger charge is -2.11. The Bertz CT molecular complexity index is 721. The number of hydrogen-bond donors (Lipinski definition) is 1. The Morgan fingerprint density at radius 3 is 2.91 bits per heavy atom. The second-order valence-electron chi connectivity index (χ2n) is 5.03. The maximum atomic E-state index is 11.4. The summed E-state index contributed by atoms with van der Waals surface area (Å²) in [5.41, 5.74) is 2.84. The summed E-state index contributed by atoms with van der Waals surface area (Å²) in [6, 6.07) is 11.5. The van der Waals surface area contributed by atoms with E-state index >= 15 is 0 Å². The van der Waals surface area contributed by atoms with Crippen molar-refractivity contribution in [1.29, 1.82) is 0 Å². The zero-order valence-electron chi connectivity index (χ0n) is 12.1. The summed E-state index contributed by atoms with van der Waals surface area (Å²) in [6.45, 7) is 0.878. The highest BCUT2D eigenvalue weighted by Gasteiger charge is 2.16. The summed E-state index contributed by atoms with van der Waals surface area (Å²) in [7, 11) is -0.924. The quantitative estimate of drug-likeness (QED) is 0.906. The summed E-state index contributed by atoms with van der Waals surface area (Å²) >= 11 is 6.14. The Hall–Kier alpha value is -1.72. The van der Waals surface area contributed by atoms with Gasteiger partial charge < -0.3 is 14.8 Å². The fourth-order valence-corrected chi connectivity index (χ4v) is 3.28. The number of para-hydroxylation sites is 1. The van der Waals surface area contributed by atoms with E-state index in [0.29, 0.717) is 17.3 Å². The smallest absolute Gasteiger partial charge is 0.231 e. The van der Waals surface area contributed by atoms with Crippen molar-refractivity contribution in [3.8, 4) is 11.5 Å². The van der Waals surface area contributed by atoms with E-state index in [4.69, 9.17) is 21.1 Å². The second kappa shape index (κ2) is 6.58. The van der Waals surface area contributed by atoms with Gasteiger partial charge in [0.1, 0.15) is 0 Å². The highest BCUT2D eigenvalue weighted by molar-refractivity contribution is 7.83. The van der Waals surface area contributed by atoms with Crippen molar-refractivity contribution in [3.05, 3.63) is 52.5 Å². The molecule has 0 saturated carbocycles. The lowest BCUT2D eigenvalue weighted by atomic mass is 10.1. The third-order valence-corrected chi connectivity index (χ3v) is 4.45. The topological polar surface area (TPSA) is 47.6 Å². The van der Waals surface area contributed by atoms with Crippen LogP contribution in [0.5, 0.6) is 11.5 Å². The van der Waals surface area contributed by atoms with Crippen LogP contribution in [-0.4, -0.2) is 17.3 Å². The first kappa shape index (κ1) is 15.2. The molecular weight excluding hydrogens is 322 g/mol. The van der Waals surface area contributed by atoms with Crippen LogP contribution in [0.2, 0.25) is 5.02 Å². The molecule has 1 heterocycles. The Morgan fingerprint density at radius 1 is 1.23 bits per heavy atom. The van der Waals surface area contributed by atoms with Crippen molar-refractivity contribution >= 4 is 28.1 Å². The first-order chi connectivity index (χ1) is 10.6. The summed E-state index contributed by atoms with van der Waals surface area (Å²) in [5, 5.41) is 3.98. The molecule has 0 fully saturated rings. The highest BCUT2D eigenvalue weighted by Crippen LogP contribution is 2.35. The van der Waals surface area contributed by atoms with Crippen LogP contribution in [0.1, 0.15) is 11.1 Å². The van der Waals surface area contributed by atoms with E-state index in [0.717, 1.165) is 28.3 Å². The van der Waals surface area contributed by atoms with E-state index in [1.54, 1.807) is 6.26 Å². The molecule has 1 aliphatic heterocycles. The van der Waals surface area contributed by atoms with E-state index in [-0.39, 0.29) is 6.79 Å². The zero-order valence-corrected chi connectivity index (χ0v) is 13.7. The summed E-state index contributed by atoms with van der Waals surface area (Å²) in [5.74, 6) is 2.02. The van der Waals surface area contributed by atoms with Gasteiger partial charge in [-0.25, -0.2) is 0 Å². The van der Waals surface area contributed by atoms with Gasteiger partial charge in [-0.05, 0) is 29.8 Å². The first-order valence-corrected chi connectivity index (χ1v) is 8.94. The van der Waals surface area contributed by atoms with E-state index in [1.165, 1.54) is 0 Å². The molecule has 116 valence electrons. The molecule has 22 heavy (non-hydrogen) atoms. The predicted molar refractivity (Wildman–Crippen MR) is 89.1 cm³/mol. The summed E-state index contributed by atoms with van der Waals surface area (Å²) < 4.78 is 22.2. The number of fused-ring (bicyclic) bond motifs is 1. The summed E-state index contributed by atoms with van der Waals surface area (Å²) in [6.07, 6.45) is 1.67. The minimum Gasteiger partial charge on any atom is -0.454 e. The van der Waals surface area contributed by atoms with Gasteiger partial charge in [0.15, 0.2) is 11.5 Å². The van der Waals surface area contributed by atoms with Gasteiger partial charge in [-0.2, -0.15) is 0 Å². The molecule has 6 heteroatoms. The van der Waals surface area contributed by atoms with Crippen molar-refractivity contribution in [2.75, 3.05) is 18.4 Å². The number of anilines is 1. The number of rotatable bonds is 5. The van der Waals surface area contributed by atoms with Crippen LogP contribution in [0.15, 0.2) is 36.4 Å². The number of nitrogens with one attached hydrogen (secondary N) is 1. The Kier molecular flexibility index (Phi) is 4.55. The highest BCUT2D eigenvalue weighted by atomic mass is 35.5. The van der Waals surface area contributed by atoms with E-state index in [2.05, 4.69) is 5.32 Å². The van der Waals surface area contributed by atoms with Crippen molar-refractivity contribution in [1.82, 2.24) is 0 Å². The molecule has 0 spiro atoms. The van der Waals surface area contributed by atoms with Gasteiger partial charge >= 0.3 is 0 Å². The first-order valence-electron chi connectivity index (χ1n) is 6.83. The lowest BCUT2D eigenvalue weighted by molar-refractivity contribution is 0.173. The third-order valence-electron chi connectivity index (χ3n) is 3.37. The monoisotopic (exact) mass is 337 g/mol.